The van der Waals surface area contributed by atoms with Crippen LogP contribution in [0.25, 0.3) is 4.96 Å². The van der Waals surface area contributed by atoms with Gasteiger partial charge in [-0.3, -0.25) is 9.38 Å². The van der Waals surface area contributed by atoms with Crippen LogP contribution in [0.5, 0.6) is 0 Å². The van der Waals surface area contributed by atoms with Gasteiger partial charge in [0.1, 0.15) is 0 Å². The molecule has 0 aliphatic heterocycles. The Hall–Kier alpha value is -1.43. The zero-order chi connectivity index (χ0) is 13.2. The van der Waals surface area contributed by atoms with E-state index in [4.69, 9.17) is 11.6 Å². The molecule has 3 heterocycles. The normalized spacial score (nSPS) is 11.3. The van der Waals surface area contributed by atoms with Gasteiger partial charge < -0.3 is 5.32 Å². The van der Waals surface area contributed by atoms with Crippen molar-refractivity contribution in [3.05, 3.63) is 52.0 Å². The summed E-state index contributed by atoms with van der Waals surface area (Å²) in [6, 6.07) is 3.99. The van der Waals surface area contributed by atoms with E-state index in [2.05, 4.69) is 32.0 Å². The summed E-state index contributed by atoms with van der Waals surface area (Å²) in [5.74, 6) is 0. The van der Waals surface area contributed by atoms with Gasteiger partial charge in [0.15, 0.2) is 10.1 Å². The van der Waals surface area contributed by atoms with Crippen LogP contribution in [0.15, 0.2) is 29.9 Å². The average molecular weight is 293 g/mol. The number of aryl methyl sites for hydroxylation is 1. The molecule has 3 aromatic rings. The first-order valence-corrected chi connectivity index (χ1v) is 7.22. The first-order chi connectivity index (χ1) is 9.25. The summed E-state index contributed by atoms with van der Waals surface area (Å²) >= 11 is 7.80. The highest BCUT2D eigenvalue weighted by Gasteiger charge is 2.12. The molecule has 0 saturated heterocycles. The first-order valence-electron chi connectivity index (χ1n) is 5.96. The van der Waals surface area contributed by atoms with Crippen LogP contribution >= 0.6 is 22.9 Å². The Balaban J connectivity index is 1.75. The Morgan fingerprint density at radius 1 is 1.32 bits per heavy atom. The van der Waals surface area contributed by atoms with Crippen LogP contribution in [0.3, 0.4) is 0 Å². The van der Waals surface area contributed by atoms with Crippen molar-refractivity contribution in [2.75, 3.05) is 0 Å². The van der Waals surface area contributed by atoms with Crippen LogP contribution in [0.4, 0.5) is 0 Å². The number of hydrogen-bond donors (Lipinski definition) is 1. The fourth-order valence-electron chi connectivity index (χ4n) is 2.02. The Morgan fingerprint density at radius 3 is 2.89 bits per heavy atom. The van der Waals surface area contributed by atoms with Crippen molar-refractivity contribution >= 4 is 27.9 Å². The Bertz CT molecular complexity index is 689. The van der Waals surface area contributed by atoms with E-state index >= 15 is 0 Å². The summed E-state index contributed by atoms with van der Waals surface area (Å²) in [6.07, 6.45) is 3.59. The number of halogens is 1. The average Bonchev–Trinajstić information content (AvgIpc) is 2.92. The van der Waals surface area contributed by atoms with Crippen molar-refractivity contribution in [1.29, 1.82) is 0 Å². The van der Waals surface area contributed by atoms with E-state index in [-0.39, 0.29) is 0 Å². The molecule has 0 bridgehead atoms. The predicted molar refractivity (Wildman–Crippen MR) is 77.6 cm³/mol. The molecule has 0 aliphatic carbocycles. The van der Waals surface area contributed by atoms with E-state index in [0.29, 0.717) is 11.7 Å². The fourth-order valence-corrected chi connectivity index (χ4v) is 3.18. The highest BCUT2D eigenvalue weighted by Crippen LogP contribution is 2.23. The van der Waals surface area contributed by atoms with Crippen LogP contribution in [0.2, 0.25) is 5.15 Å². The molecule has 0 atom stereocenters. The quantitative estimate of drug-likeness (QED) is 0.804. The third-order valence-corrected chi connectivity index (χ3v) is 4.20. The zero-order valence-electron chi connectivity index (χ0n) is 10.4. The molecule has 0 saturated carbocycles. The number of fused-ring (bicyclic) bond motifs is 1. The Kier molecular flexibility index (Phi) is 3.50. The van der Waals surface area contributed by atoms with Crippen molar-refractivity contribution < 1.29 is 0 Å². The number of hydrogen-bond acceptors (Lipinski definition) is 4. The molecule has 0 fully saturated rings. The van der Waals surface area contributed by atoms with E-state index < -0.39 is 0 Å². The van der Waals surface area contributed by atoms with Gasteiger partial charge in [0.2, 0.25) is 0 Å². The number of nitrogens with one attached hydrogen (secondary N) is 1. The van der Waals surface area contributed by atoms with Crippen molar-refractivity contribution in [2.24, 2.45) is 0 Å². The van der Waals surface area contributed by atoms with Gasteiger partial charge in [0.05, 0.1) is 5.69 Å². The van der Waals surface area contributed by atoms with Crippen LogP contribution in [0, 0.1) is 6.92 Å². The molecular formula is C13H13ClN4S. The number of rotatable bonds is 4. The monoisotopic (exact) mass is 292 g/mol. The van der Waals surface area contributed by atoms with Crippen LogP contribution < -0.4 is 5.32 Å². The maximum atomic E-state index is 6.19. The molecule has 19 heavy (non-hydrogen) atoms. The van der Waals surface area contributed by atoms with Gasteiger partial charge in [0.25, 0.3) is 0 Å². The third kappa shape index (κ3) is 2.49. The molecule has 3 aromatic heterocycles. The number of nitrogens with zero attached hydrogens (tertiary/aromatic N) is 3. The molecule has 0 radical (unpaired) electrons. The second-order valence-electron chi connectivity index (χ2n) is 4.30. The maximum Gasteiger partial charge on any atom is 0.195 e. The minimum absolute atomic E-state index is 0.581. The van der Waals surface area contributed by atoms with E-state index in [0.717, 1.165) is 17.2 Å². The Labute approximate surface area is 120 Å². The largest absolute Gasteiger partial charge is 0.307 e. The fraction of sp³-hybridized carbons (Fsp3) is 0.231. The maximum absolute atomic E-state index is 6.19. The van der Waals surface area contributed by atoms with Gasteiger partial charge in [-0.05, 0) is 24.6 Å². The molecule has 0 aliphatic rings. The summed E-state index contributed by atoms with van der Waals surface area (Å²) in [7, 11) is 0. The lowest BCUT2D eigenvalue weighted by Crippen LogP contribution is -2.14. The third-order valence-electron chi connectivity index (χ3n) is 2.95. The van der Waals surface area contributed by atoms with E-state index in [1.807, 2.05) is 12.1 Å². The SMILES string of the molecule is Cc1csc2nc(Cl)c(CNCc3ccncc3)n12. The molecule has 3 rings (SSSR count). The van der Waals surface area contributed by atoms with Gasteiger partial charge in [-0.1, -0.05) is 11.6 Å². The predicted octanol–water partition coefficient (Wildman–Crippen LogP) is 3.04. The summed E-state index contributed by atoms with van der Waals surface area (Å²) in [4.78, 5) is 9.31. The molecule has 98 valence electrons. The summed E-state index contributed by atoms with van der Waals surface area (Å²) in [5.41, 5.74) is 3.39. The molecule has 0 aromatic carbocycles. The van der Waals surface area contributed by atoms with E-state index in [1.54, 1.807) is 23.7 Å². The highest BCUT2D eigenvalue weighted by molar-refractivity contribution is 7.15. The van der Waals surface area contributed by atoms with Gasteiger partial charge in [-0.2, -0.15) is 0 Å². The second-order valence-corrected chi connectivity index (χ2v) is 5.50. The van der Waals surface area contributed by atoms with Crippen molar-refractivity contribution in [3.8, 4) is 0 Å². The molecule has 6 heteroatoms. The van der Waals surface area contributed by atoms with Crippen molar-refractivity contribution in [3.63, 3.8) is 0 Å². The topological polar surface area (TPSA) is 42.2 Å². The molecule has 4 nitrogen and oxygen atoms in total. The zero-order valence-corrected chi connectivity index (χ0v) is 12.0. The van der Waals surface area contributed by atoms with Gasteiger partial charge in [0, 0.05) is 36.6 Å². The smallest absolute Gasteiger partial charge is 0.195 e. The van der Waals surface area contributed by atoms with Crippen LogP contribution in [-0.2, 0) is 13.1 Å². The first kappa shape index (κ1) is 12.6. The number of aromatic nitrogens is 3. The van der Waals surface area contributed by atoms with Gasteiger partial charge >= 0.3 is 0 Å². The number of imidazole rings is 1. The lowest BCUT2D eigenvalue weighted by Gasteiger charge is -2.05. The molecule has 0 spiro atoms. The van der Waals surface area contributed by atoms with E-state index in [1.165, 1.54) is 11.3 Å². The molecule has 0 unspecified atom stereocenters. The minimum Gasteiger partial charge on any atom is -0.307 e. The molecule has 0 amide bonds. The highest BCUT2D eigenvalue weighted by atomic mass is 35.5. The standard InChI is InChI=1S/C13H13ClN4S/c1-9-8-19-13-17-12(14)11(18(9)13)7-16-6-10-2-4-15-5-3-10/h2-5,8,16H,6-7H2,1H3. The van der Waals surface area contributed by atoms with Crippen LogP contribution in [0.1, 0.15) is 17.0 Å². The lowest BCUT2D eigenvalue weighted by atomic mass is 10.2. The van der Waals surface area contributed by atoms with E-state index in [9.17, 15) is 0 Å². The molecular weight excluding hydrogens is 280 g/mol. The van der Waals surface area contributed by atoms with Gasteiger partial charge in [-0.15, -0.1) is 11.3 Å². The number of pyridine rings is 1. The lowest BCUT2D eigenvalue weighted by molar-refractivity contribution is 0.674. The molecule has 1 N–H and O–H groups in total. The summed E-state index contributed by atoms with van der Waals surface area (Å²) in [5, 5.41) is 6.05. The van der Waals surface area contributed by atoms with Crippen molar-refractivity contribution in [1.82, 2.24) is 19.7 Å². The Morgan fingerprint density at radius 2 is 2.11 bits per heavy atom. The summed E-state index contributed by atoms with van der Waals surface area (Å²) < 4.78 is 2.10. The minimum atomic E-state index is 0.581. The van der Waals surface area contributed by atoms with Gasteiger partial charge in [-0.25, -0.2) is 4.98 Å². The van der Waals surface area contributed by atoms with Crippen LogP contribution in [-0.4, -0.2) is 14.4 Å². The summed E-state index contributed by atoms with van der Waals surface area (Å²) in [6.45, 7) is 3.54. The second kappa shape index (κ2) is 5.28. The van der Waals surface area contributed by atoms with Crippen molar-refractivity contribution in [2.45, 2.75) is 20.0 Å². The number of thiazole rings is 1.